The molecular formula is C11H13ClO. The molecule has 0 aliphatic rings. The molecule has 0 amide bonds. The van der Waals surface area contributed by atoms with Gasteiger partial charge in [-0.05, 0) is 31.0 Å². The van der Waals surface area contributed by atoms with E-state index >= 15 is 0 Å². The van der Waals surface area contributed by atoms with E-state index in [2.05, 4.69) is 0 Å². The number of carbonyl (C=O) groups excluding carboxylic acids is 1. The Bertz CT molecular complexity index is 307. The maximum absolute atomic E-state index is 11.0. The van der Waals surface area contributed by atoms with Crippen LogP contribution >= 0.6 is 11.6 Å². The van der Waals surface area contributed by atoms with Crippen LogP contribution in [0.25, 0.3) is 0 Å². The van der Waals surface area contributed by atoms with Gasteiger partial charge in [0, 0.05) is 10.9 Å². The summed E-state index contributed by atoms with van der Waals surface area (Å²) >= 11 is 5.82. The zero-order chi connectivity index (χ0) is 9.84. The largest absolute Gasteiger partial charge is 0.300 e. The van der Waals surface area contributed by atoms with Crippen LogP contribution in [-0.4, -0.2) is 5.78 Å². The summed E-state index contributed by atoms with van der Waals surface area (Å²) in [6.07, 6.45) is 0.774. The molecule has 0 aliphatic heterocycles. The lowest BCUT2D eigenvalue weighted by Crippen LogP contribution is -2.09. The molecule has 13 heavy (non-hydrogen) atoms. The van der Waals surface area contributed by atoms with Crippen LogP contribution in [0.2, 0.25) is 5.02 Å². The van der Waals surface area contributed by atoms with E-state index < -0.39 is 0 Å². The monoisotopic (exact) mass is 196 g/mol. The molecule has 0 saturated heterocycles. The number of halogens is 1. The molecule has 1 rings (SSSR count). The van der Waals surface area contributed by atoms with Crippen LogP contribution in [0.15, 0.2) is 24.3 Å². The fourth-order valence-electron chi connectivity index (χ4n) is 1.16. The van der Waals surface area contributed by atoms with Crippen molar-refractivity contribution in [3.8, 4) is 0 Å². The number of Topliss-reactive ketones (excluding diaryl/α,β-unsaturated/α-hetero) is 1. The van der Waals surface area contributed by atoms with E-state index in [1.54, 1.807) is 6.92 Å². The lowest BCUT2D eigenvalue weighted by Gasteiger charge is -2.07. The van der Waals surface area contributed by atoms with Crippen molar-refractivity contribution in [3.63, 3.8) is 0 Å². The van der Waals surface area contributed by atoms with Gasteiger partial charge in [-0.1, -0.05) is 30.7 Å². The van der Waals surface area contributed by atoms with E-state index in [9.17, 15) is 4.79 Å². The van der Waals surface area contributed by atoms with Crippen molar-refractivity contribution in [2.24, 2.45) is 5.92 Å². The average molecular weight is 197 g/mol. The molecule has 0 aromatic heterocycles. The van der Waals surface area contributed by atoms with Crippen molar-refractivity contribution < 1.29 is 4.79 Å². The van der Waals surface area contributed by atoms with Crippen molar-refractivity contribution >= 4 is 17.4 Å². The molecule has 0 N–H and O–H groups in total. The Morgan fingerprint density at radius 1 is 1.54 bits per heavy atom. The fourth-order valence-corrected chi connectivity index (χ4v) is 1.37. The van der Waals surface area contributed by atoms with Crippen LogP contribution in [0, 0.1) is 5.92 Å². The minimum Gasteiger partial charge on any atom is -0.300 e. The summed E-state index contributed by atoms with van der Waals surface area (Å²) in [6, 6.07) is 7.64. The molecule has 0 fully saturated rings. The van der Waals surface area contributed by atoms with Gasteiger partial charge in [0.2, 0.25) is 0 Å². The maximum Gasteiger partial charge on any atom is 0.132 e. The van der Waals surface area contributed by atoms with Crippen molar-refractivity contribution in [3.05, 3.63) is 34.9 Å². The number of hydrogen-bond donors (Lipinski definition) is 0. The Morgan fingerprint density at radius 3 is 2.77 bits per heavy atom. The summed E-state index contributed by atoms with van der Waals surface area (Å²) < 4.78 is 0. The fraction of sp³-hybridized carbons (Fsp3) is 0.364. The second-order valence-electron chi connectivity index (χ2n) is 3.35. The number of ketones is 1. The molecule has 2 heteroatoms. The third kappa shape index (κ3) is 3.19. The molecule has 1 aromatic carbocycles. The van der Waals surface area contributed by atoms with Crippen molar-refractivity contribution in [1.82, 2.24) is 0 Å². The van der Waals surface area contributed by atoms with Crippen molar-refractivity contribution in [2.75, 3.05) is 0 Å². The zero-order valence-electron chi connectivity index (χ0n) is 7.88. The van der Waals surface area contributed by atoms with Gasteiger partial charge in [-0.25, -0.2) is 0 Å². The van der Waals surface area contributed by atoms with Gasteiger partial charge in [0.15, 0.2) is 0 Å². The third-order valence-corrected chi connectivity index (χ3v) is 2.36. The van der Waals surface area contributed by atoms with E-state index in [4.69, 9.17) is 11.6 Å². The minimum atomic E-state index is 0.0819. The highest BCUT2D eigenvalue weighted by Crippen LogP contribution is 2.14. The van der Waals surface area contributed by atoms with Gasteiger partial charge < -0.3 is 0 Å². The summed E-state index contributed by atoms with van der Waals surface area (Å²) in [6.45, 7) is 3.55. The van der Waals surface area contributed by atoms with Crippen LogP contribution in [0.4, 0.5) is 0 Å². The van der Waals surface area contributed by atoms with Gasteiger partial charge in [0.1, 0.15) is 5.78 Å². The Kier molecular flexibility index (Phi) is 3.49. The summed E-state index contributed by atoms with van der Waals surface area (Å²) in [7, 11) is 0. The van der Waals surface area contributed by atoms with Gasteiger partial charge in [-0.2, -0.15) is 0 Å². The Morgan fingerprint density at radius 2 is 2.23 bits per heavy atom. The van der Waals surface area contributed by atoms with Gasteiger partial charge in [-0.3, -0.25) is 4.79 Å². The first-order valence-electron chi connectivity index (χ1n) is 4.34. The van der Waals surface area contributed by atoms with Crippen molar-refractivity contribution in [1.29, 1.82) is 0 Å². The quantitative estimate of drug-likeness (QED) is 0.726. The standard InChI is InChI=1S/C11H13ClO/c1-8(9(2)13)6-10-4-3-5-11(12)7-10/h3-5,7-8H,6H2,1-2H3/t8-/m1/s1. The summed E-state index contributed by atoms with van der Waals surface area (Å²) in [4.78, 5) is 11.0. The number of benzene rings is 1. The average Bonchev–Trinajstić information content (AvgIpc) is 2.04. The van der Waals surface area contributed by atoms with Crippen molar-refractivity contribution in [2.45, 2.75) is 20.3 Å². The first-order chi connectivity index (χ1) is 6.09. The molecule has 0 aliphatic carbocycles. The molecule has 1 aromatic rings. The normalized spacial score (nSPS) is 12.5. The summed E-state index contributed by atoms with van der Waals surface area (Å²) in [5.41, 5.74) is 1.12. The molecular weight excluding hydrogens is 184 g/mol. The smallest absolute Gasteiger partial charge is 0.132 e. The SMILES string of the molecule is CC(=O)[C@H](C)Cc1cccc(Cl)c1. The maximum atomic E-state index is 11.0. The first kappa shape index (κ1) is 10.3. The van der Waals surface area contributed by atoms with E-state index in [1.165, 1.54) is 0 Å². The zero-order valence-corrected chi connectivity index (χ0v) is 8.64. The minimum absolute atomic E-state index is 0.0819. The van der Waals surface area contributed by atoms with E-state index in [0.29, 0.717) is 0 Å². The highest BCUT2D eigenvalue weighted by molar-refractivity contribution is 6.30. The first-order valence-corrected chi connectivity index (χ1v) is 4.72. The number of hydrogen-bond acceptors (Lipinski definition) is 1. The highest BCUT2D eigenvalue weighted by atomic mass is 35.5. The topological polar surface area (TPSA) is 17.1 Å². The molecule has 0 unspecified atom stereocenters. The van der Waals surface area contributed by atoms with Gasteiger partial charge in [0.25, 0.3) is 0 Å². The molecule has 1 atom stereocenters. The molecule has 70 valence electrons. The molecule has 0 heterocycles. The van der Waals surface area contributed by atoms with Crippen LogP contribution in [0.3, 0.4) is 0 Å². The van der Waals surface area contributed by atoms with Crippen LogP contribution in [0.1, 0.15) is 19.4 Å². The molecule has 0 bridgehead atoms. The van der Waals surface area contributed by atoms with Crippen LogP contribution in [0.5, 0.6) is 0 Å². The van der Waals surface area contributed by atoms with Gasteiger partial charge in [0.05, 0.1) is 0 Å². The molecule has 0 saturated carbocycles. The predicted molar refractivity (Wildman–Crippen MR) is 55.0 cm³/mol. The lowest BCUT2D eigenvalue weighted by atomic mass is 9.98. The Balaban J connectivity index is 2.69. The third-order valence-electron chi connectivity index (χ3n) is 2.12. The summed E-state index contributed by atoms with van der Waals surface area (Å²) in [5, 5.41) is 0.730. The Labute approximate surface area is 83.7 Å². The van der Waals surface area contributed by atoms with Crippen LogP contribution < -0.4 is 0 Å². The Hall–Kier alpha value is -0.820. The van der Waals surface area contributed by atoms with Gasteiger partial charge in [-0.15, -0.1) is 0 Å². The van der Waals surface area contributed by atoms with Gasteiger partial charge >= 0.3 is 0 Å². The lowest BCUT2D eigenvalue weighted by molar-refractivity contribution is -0.120. The van der Waals surface area contributed by atoms with E-state index in [-0.39, 0.29) is 11.7 Å². The second-order valence-corrected chi connectivity index (χ2v) is 3.78. The predicted octanol–water partition coefficient (Wildman–Crippen LogP) is 3.11. The van der Waals surface area contributed by atoms with E-state index in [0.717, 1.165) is 17.0 Å². The highest BCUT2D eigenvalue weighted by Gasteiger charge is 2.08. The number of rotatable bonds is 3. The van der Waals surface area contributed by atoms with E-state index in [1.807, 2.05) is 31.2 Å². The number of carbonyl (C=O) groups is 1. The molecule has 0 spiro atoms. The summed E-state index contributed by atoms with van der Waals surface area (Å²) in [5.74, 6) is 0.304. The molecule has 1 nitrogen and oxygen atoms in total. The second kappa shape index (κ2) is 4.43. The molecule has 0 radical (unpaired) electrons. The van der Waals surface area contributed by atoms with Crippen LogP contribution in [-0.2, 0) is 11.2 Å².